The van der Waals surface area contributed by atoms with Crippen LogP contribution in [0.4, 0.5) is 0 Å². The van der Waals surface area contributed by atoms with Crippen molar-refractivity contribution in [3.63, 3.8) is 0 Å². The summed E-state index contributed by atoms with van der Waals surface area (Å²) in [6.07, 6.45) is 9.57. The summed E-state index contributed by atoms with van der Waals surface area (Å²) in [7, 11) is 0. The Morgan fingerprint density at radius 2 is 2.42 bits per heavy atom. The molecule has 1 unspecified atom stereocenters. The van der Waals surface area contributed by atoms with Crippen LogP contribution in [-0.2, 0) is 9.53 Å². The lowest BCUT2D eigenvalue weighted by atomic mass is 9.98. The van der Waals surface area contributed by atoms with E-state index in [1.807, 2.05) is 19.1 Å². The molecule has 0 amide bonds. The zero-order valence-corrected chi connectivity index (χ0v) is 7.32. The number of hydrogen-bond acceptors (Lipinski definition) is 2. The minimum Gasteiger partial charge on any atom is -0.466 e. The van der Waals surface area contributed by atoms with Crippen LogP contribution >= 0.6 is 0 Å². The molecule has 0 N–H and O–H groups in total. The Hall–Kier alpha value is -1.05. The third-order valence-corrected chi connectivity index (χ3v) is 1.80. The lowest BCUT2D eigenvalue weighted by Crippen LogP contribution is -2.10. The molecule has 0 bridgehead atoms. The van der Waals surface area contributed by atoms with Gasteiger partial charge in [0.1, 0.15) is 0 Å². The molecule has 0 saturated carbocycles. The zero-order chi connectivity index (χ0) is 8.81. The van der Waals surface area contributed by atoms with Crippen LogP contribution in [0.25, 0.3) is 0 Å². The van der Waals surface area contributed by atoms with Crippen molar-refractivity contribution in [2.75, 3.05) is 6.61 Å². The molecule has 0 aromatic carbocycles. The Morgan fingerprint density at radius 3 is 3.00 bits per heavy atom. The fraction of sp³-hybridized carbons (Fsp3) is 0.500. The number of hydrogen-bond donors (Lipinski definition) is 0. The van der Waals surface area contributed by atoms with Gasteiger partial charge in [-0.1, -0.05) is 24.3 Å². The molecular weight excluding hydrogens is 152 g/mol. The first kappa shape index (κ1) is 9.04. The van der Waals surface area contributed by atoms with Gasteiger partial charge in [-0.15, -0.1) is 0 Å². The van der Waals surface area contributed by atoms with Gasteiger partial charge >= 0.3 is 5.97 Å². The summed E-state index contributed by atoms with van der Waals surface area (Å²) in [6, 6.07) is 0. The molecule has 1 atom stereocenters. The highest BCUT2D eigenvalue weighted by Gasteiger charge is 2.11. The van der Waals surface area contributed by atoms with Crippen molar-refractivity contribution in [1.29, 1.82) is 0 Å². The van der Waals surface area contributed by atoms with Crippen LogP contribution in [0.2, 0.25) is 0 Å². The zero-order valence-electron chi connectivity index (χ0n) is 7.32. The quantitative estimate of drug-likeness (QED) is 0.600. The van der Waals surface area contributed by atoms with Crippen LogP contribution in [0.5, 0.6) is 0 Å². The molecule has 0 aromatic rings. The van der Waals surface area contributed by atoms with Crippen LogP contribution in [0, 0.1) is 5.92 Å². The molecule has 0 radical (unpaired) electrons. The molecule has 0 aromatic heterocycles. The normalized spacial score (nSPS) is 20.9. The Bertz CT molecular complexity index is 204. The maximum Gasteiger partial charge on any atom is 0.306 e. The van der Waals surface area contributed by atoms with Gasteiger partial charge in [0.05, 0.1) is 13.0 Å². The van der Waals surface area contributed by atoms with Gasteiger partial charge in [0.2, 0.25) is 0 Å². The molecule has 0 saturated heterocycles. The van der Waals surface area contributed by atoms with Gasteiger partial charge in [0, 0.05) is 0 Å². The number of ether oxygens (including phenoxy) is 1. The predicted molar refractivity (Wildman–Crippen MR) is 47.6 cm³/mol. The molecule has 1 aliphatic rings. The lowest BCUT2D eigenvalue weighted by Gasteiger charge is -2.11. The highest BCUT2D eigenvalue weighted by atomic mass is 16.5. The van der Waals surface area contributed by atoms with E-state index in [1.54, 1.807) is 0 Å². The summed E-state index contributed by atoms with van der Waals surface area (Å²) in [5, 5.41) is 0. The van der Waals surface area contributed by atoms with Gasteiger partial charge in [-0.2, -0.15) is 0 Å². The topological polar surface area (TPSA) is 26.3 Å². The minimum atomic E-state index is -0.0950. The fourth-order valence-electron chi connectivity index (χ4n) is 1.22. The average molecular weight is 166 g/mol. The SMILES string of the molecule is CCOC(=O)CC1C=CC=CC1. The molecule has 66 valence electrons. The lowest BCUT2D eigenvalue weighted by molar-refractivity contribution is -0.143. The van der Waals surface area contributed by atoms with E-state index in [2.05, 4.69) is 12.2 Å². The van der Waals surface area contributed by atoms with Crippen molar-refractivity contribution in [3.8, 4) is 0 Å². The second-order valence-electron chi connectivity index (χ2n) is 2.82. The van der Waals surface area contributed by atoms with Crippen molar-refractivity contribution in [3.05, 3.63) is 24.3 Å². The Balaban J connectivity index is 2.27. The molecule has 1 aliphatic carbocycles. The van der Waals surface area contributed by atoms with Crippen molar-refractivity contribution in [2.45, 2.75) is 19.8 Å². The first-order valence-electron chi connectivity index (χ1n) is 4.32. The van der Waals surface area contributed by atoms with Gasteiger partial charge in [-0.25, -0.2) is 0 Å². The second kappa shape index (κ2) is 4.75. The van der Waals surface area contributed by atoms with Gasteiger partial charge < -0.3 is 4.74 Å². The van der Waals surface area contributed by atoms with E-state index in [4.69, 9.17) is 4.74 Å². The Kier molecular flexibility index (Phi) is 3.58. The van der Waals surface area contributed by atoms with Crippen LogP contribution in [-0.4, -0.2) is 12.6 Å². The average Bonchev–Trinajstić information content (AvgIpc) is 2.06. The van der Waals surface area contributed by atoms with Crippen molar-refractivity contribution < 1.29 is 9.53 Å². The van der Waals surface area contributed by atoms with E-state index >= 15 is 0 Å². The van der Waals surface area contributed by atoms with Crippen LogP contribution < -0.4 is 0 Å². The summed E-state index contributed by atoms with van der Waals surface area (Å²) in [5.74, 6) is 0.247. The van der Waals surface area contributed by atoms with Crippen molar-refractivity contribution in [1.82, 2.24) is 0 Å². The predicted octanol–water partition coefficient (Wildman–Crippen LogP) is 2.07. The van der Waals surface area contributed by atoms with E-state index < -0.39 is 0 Å². The third-order valence-electron chi connectivity index (χ3n) is 1.80. The van der Waals surface area contributed by atoms with Crippen LogP contribution in [0.3, 0.4) is 0 Å². The maximum absolute atomic E-state index is 11.0. The maximum atomic E-state index is 11.0. The minimum absolute atomic E-state index is 0.0950. The number of carbonyl (C=O) groups excluding carboxylic acids is 1. The molecule has 0 fully saturated rings. The molecule has 12 heavy (non-hydrogen) atoms. The molecule has 2 nitrogen and oxygen atoms in total. The van der Waals surface area contributed by atoms with Gasteiger partial charge in [0.25, 0.3) is 0 Å². The Labute approximate surface area is 72.9 Å². The van der Waals surface area contributed by atoms with Gasteiger partial charge in [-0.3, -0.25) is 4.79 Å². The second-order valence-corrected chi connectivity index (χ2v) is 2.82. The molecule has 0 aliphatic heterocycles. The standard InChI is InChI=1S/C10H14O2/c1-2-12-10(11)8-9-6-4-3-5-7-9/h3-6,9H,2,7-8H2,1H3. The summed E-state index contributed by atoms with van der Waals surface area (Å²) < 4.78 is 4.85. The van der Waals surface area contributed by atoms with E-state index in [0.29, 0.717) is 18.9 Å². The van der Waals surface area contributed by atoms with Gasteiger partial charge in [0.15, 0.2) is 0 Å². The third kappa shape index (κ3) is 2.91. The fourth-order valence-corrected chi connectivity index (χ4v) is 1.22. The number of rotatable bonds is 3. The molecule has 0 spiro atoms. The first-order valence-corrected chi connectivity index (χ1v) is 4.32. The van der Waals surface area contributed by atoms with Crippen LogP contribution in [0.15, 0.2) is 24.3 Å². The largest absolute Gasteiger partial charge is 0.466 e. The highest BCUT2D eigenvalue weighted by molar-refractivity contribution is 5.70. The molecular formula is C10H14O2. The smallest absolute Gasteiger partial charge is 0.306 e. The number of allylic oxidation sites excluding steroid dienone is 4. The van der Waals surface area contributed by atoms with Gasteiger partial charge in [-0.05, 0) is 19.3 Å². The summed E-state index contributed by atoms with van der Waals surface area (Å²) in [4.78, 5) is 11.0. The van der Waals surface area contributed by atoms with E-state index in [0.717, 1.165) is 6.42 Å². The summed E-state index contributed by atoms with van der Waals surface area (Å²) in [6.45, 7) is 2.31. The first-order chi connectivity index (χ1) is 5.83. The molecule has 1 rings (SSSR count). The Morgan fingerprint density at radius 1 is 1.58 bits per heavy atom. The summed E-state index contributed by atoms with van der Waals surface area (Å²) >= 11 is 0. The van der Waals surface area contributed by atoms with E-state index in [1.165, 1.54) is 0 Å². The molecule has 2 heteroatoms. The van der Waals surface area contributed by atoms with Crippen LogP contribution in [0.1, 0.15) is 19.8 Å². The van der Waals surface area contributed by atoms with E-state index in [-0.39, 0.29) is 5.97 Å². The summed E-state index contributed by atoms with van der Waals surface area (Å²) in [5.41, 5.74) is 0. The number of esters is 1. The van der Waals surface area contributed by atoms with Crippen molar-refractivity contribution in [2.24, 2.45) is 5.92 Å². The molecule has 0 heterocycles. The van der Waals surface area contributed by atoms with E-state index in [9.17, 15) is 4.79 Å². The monoisotopic (exact) mass is 166 g/mol. The number of carbonyl (C=O) groups is 1. The van der Waals surface area contributed by atoms with Crippen molar-refractivity contribution >= 4 is 5.97 Å². The highest BCUT2D eigenvalue weighted by Crippen LogP contribution is 2.15.